The van der Waals surface area contributed by atoms with Crippen LogP contribution < -0.4 is 4.90 Å². The van der Waals surface area contributed by atoms with E-state index in [1.54, 1.807) is 12.1 Å². The molecule has 0 amide bonds. The fourth-order valence-corrected chi connectivity index (χ4v) is 1.40. The second kappa shape index (κ2) is 4.69. The lowest BCUT2D eigenvalue weighted by molar-refractivity contribution is -0.119. The van der Waals surface area contributed by atoms with Crippen molar-refractivity contribution in [3.05, 3.63) is 23.9 Å². The summed E-state index contributed by atoms with van der Waals surface area (Å²) >= 11 is 0. The van der Waals surface area contributed by atoms with Gasteiger partial charge in [0, 0.05) is 18.8 Å². The van der Waals surface area contributed by atoms with Gasteiger partial charge in [-0.15, -0.1) is 0 Å². The Labute approximate surface area is 91.5 Å². The highest BCUT2D eigenvalue weighted by molar-refractivity contribution is 5.47. The normalized spacial score (nSPS) is 13.6. The molecule has 1 heterocycles. The number of hydrogen-bond acceptors (Lipinski definition) is 3. The number of aliphatic hydroxyl groups excluding tert-OH is 1. The molecular formula is C10H13F3N2O. The lowest BCUT2D eigenvalue weighted by Gasteiger charge is -2.23. The SMILES string of the molecule is CC(O)c1cccnc1N(C)CC(F)(F)F. The van der Waals surface area contributed by atoms with Crippen LogP contribution in [0, 0.1) is 0 Å². The lowest BCUT2D eigenvalue weighted by Crippen LogP contribution is -2.32. The minimum absolute atomic E-state index is 0.148. The van der Waals surface area contributed by atoms with Crippen LogP contribution in [0.3, 0.4) is 0 Å². The summed E-state index contributed by atoms with van der Waals surface area (Å²) in [6.07, 6.45) is -3.74. The molecule has 1 atom stereocenters. The second-order valence-electron chi connectivity index (χ2n) is 3.56. The smallest absolute Gasteiger partial charge is 0.389 e. The maximum Gasteiger partial charge on any atom is 0.405 e. The number of nitrogens with zero attached hydrogens (tertiary/aromatic N) is 2. The van der Waals surface area contributed by atoms with Crippen molar-refractivity contribution in [1.29, 1.82) is 0 Å². The van der Waals surface area contributed by atoms with E-state index in [4.69, 9.17) is 0 Å². The first-order valence-electron chi connectivity index (χ1n) is 4.72. The Hall–Kier alpha value is -1.30. The molecular weight excluding hydrogens is 221 g/mol. The summed E-state index contributed by atoms with van der Waals surface area (Å²) in [5, 5.41) is 9.40. The lowest BCUT2D eigenvalue weighted by atomic mass is 10.1. The molecule has 1 aromatic heterocycles. The fourth-order valence-electron chi connectivity index (χ4n) is 1.40. The Balaban J connectivity index is 2.95. The molecule has 0 bridgehead atoms. The molecule has 0 saturated carbocycles. The van der Waals surface area contributed by atoms with Crippen LogP contribution in [0.2, 0.25) is 0 Å². The third-order valence-corrected chi connectivity index (χ3v) is 2.04. The highest BCUT2D eigenvalue weighted by Gasteiger charge is 2.30. The monoisotopic (exact) mass is 234 g/mol. The third-order valence-electron chi connectivity index (χ3n) is 2.04. The Morgan fingerprint density at radius 3 is 2.62 bits per heavy atom. The van der Waals surface area contributed by atoms with E-state index in [-0.39, 0.29) is 5.82 Å². The summed E-state index contributed by atoms with van der Waals surface area (Å²) in [7, 11) is 1.29. The minimum atomic E-state index is -4.29. The number of halogens is 3. The highest BCUT2D eigenvalue weighted by atomic mass is 19.4. The van der Waals surface area contributed by atoms with E-state index in [0.717, 1.165) is 4.90 Å². The Kier molecular flexibility index (Phi) is 3.74. The van der Waals surface area contributed by atoms with E-state index in [1.165, 1.54) is 20.2 Å². The van der Waals surface area contributed by atoms with Crippen molar-refractivity contribution in [2.45, 2.75) is 19.2 Å². The Bertz CT molecular complexity index is 352. The quantitative estimate of drug-likeness (QED) is 0.870. The van der Waals surface area contributed by atoms with Gasteiger partial charge in [0.15, 0.2) is 0 Å². The summed E-state index contributed by atoms with van der Waals surface area (Å²) in [5.41, 5.74) is 0.384. The van der Waals surface area contributed by atoms with Gasteiger partial charge in [-0.25, -0.2) is 4.98 Å². The summed E-state index contributed by atoms with van der Waals surface area (Å²) in [6, 6.07) is 3.13. The first-order chi connectivity index (χ1) is 7.31. The molecule has 0 spiro atoms. The number of rotatable bonds is 3. The second-order valence-corrected chi connectivity index (χ2v) is 3.56. The maximum atomic E-state index is 12.2. The van der Waals surface area contributed by atoms with E-state index in [0.29, 0.717) is 5.56 Å². The van der Waals surface area contributed by atoms with Gasteiger partial charge < -0.3 is 10.0 Å². The molecule has 0 saturated heterocycles. The van der Waals surface area contributed by atoms with Gasteiger partial charge in [0.05, 0.1) is 6.10 Å². The molecule has 0 fully saturated rings. The van der Waals surface area contributed by atoms with Gasteiger partial charge >= 0.3 is 6.18 Å². The third kappa shape index (κ3) is 3.37. The molecule has 16 heavy (non-hydrogen) atoms. The predicted molar refractivity (Wildman–Crippen MR) is 54.2 cm³/mol. The van der Waals surface area contributed by atoms with Crippen LogP contribution >= 0.6 is 0 Å². The average molecular weight is 234 g/mol. The van der Waals surface area contributed by atoms with Crippen molar-refractivity contribution < 1.29 is 18.3 Å². The predicted octanol–water partition coefficient (Wildman–Crippen LogP) is 2.13. The summed E-state index contributed by atoms with van der Waals surface area (Å²) in [6.45, 7) is 0.395. The van der Waals surface area contributed by atoms with Gasteiger partial charge in [0.1, 0.15) is 12.4 Å². The molecule has 1 aromatic rings. The van der Waals surface area contributed by atoms with E-state index < -0.39 is 18.8 Å². The number of alkyl halides is 3. The van der Waals surface area contributed by atoms with Crippen molar-refractivity contribution in [2.75, 3.05) is 18.5 Å². The van der Waals surface area contributed by atoms with Crippen molar-refractivity contribution in [2.24, 2.45) is 0 Å². The molecule has 0 aromatic carbocycles. The molecule has 1 unspecified atom stereocenters. The van der Waals surface area contributed by atoms with Crippen molar-refractivity contribution >= 4 is 5.82 Å². The average Bonchev–Trinajstić information content (AvgIpc) is 2.15. The number of anilines is 1. The first kappa shape index (κ1) is 12.8. The molecule has 0 aliphatic carbocycles. The molecule has 3 nitrogen and oxygen atoms in total. The van der Waals surface area contributed by atoms with E-state index in [1.807, 2.05) is 0 Å². The van der Waals surface area contributed by atoms with Crippen LogP contribution in [0.1, 0.15) is 18.6 Å². The van der Waals surface area contributed by atoms with E-state index in [2.05, 4.69) is 4.98 Å². The van der Waals surface area contributed by atoms with Crippen molar-refractivity contribution in [3.63, 3.8) is 0 Å². The van der Waals surface area contributed by atoms with Gasteiger partial charge in [-0.3, -0.25) is 0 Å². The highest BCUT2D eigenvalue weighted by Crippen LogP contribution is 2.25. The Morgan fingerprint density at radius 2 is 2.12 bits per heavy atom. The first-order valence-corrected chi connectivity index (χ1v) is 4.72. The van der Waals surface area contributed by atoms with Crippen LogP contribution in [-0.2, 0) is 0 Å². The van der Waals surface area contributed by atoms with Crippen molar-refractivity contribution in [3.8, 4) is 0 Å². The number of pyridine rings is 1. The van der Waals surface area contributed by atoms with Gasteiger partial charge in [0.2, 0.25) is 0 Å². The standard InChI is InChI=1S/C10H13F3N2O/c1-7(16)8-4-3-5-14-9(8)15(2)6-10(11,12)13/h3-5,7,16H,6H2,1-2H3. The number of aliphatic hydroxyl groups is 1. The van der Waals surface area contributed by atoms with Crippen LogP contribution in [-0.4, -0.2) is 29.9 Å². The molecule has 0 aliphatic rings. The zero-order valence-electron chi connectivity index (χ0n) is 8.99. The van der Waals surface area contributed by atoms with Gasteiger partial charge in [-0.05, 0) is 13.0 Å². The molecule has 1 N–H and O–H groups in total. The zero-order valence-corrected chi connectivity index (χ0v) is 8.99. The molecule has 1 rings (SSSR count). The van der Waals surface area contributed by atoms with E-state index >= 15 is 0 Å². The van der Waals surface area contributed by atoms with Crippen LogP contribution in [0.4, 0.5) is 19.0 Å². The summed E-state index contributed by atoms with van der Waals surface area (Å²) in [4.78, 5) is 4.82. The Morgan fingerprint density at radius 1 is 1.50 bits per heavy atom. The van der Waals surface area contributed by atoms with Crippen LogP contribution in [0.25, 0.3) is 0 Å². The van der Waals surface area contributed by atoms with Gasteiger partial charge in [-0.1, -0.05) is 6.07 Å². The molecule has 6 heteroatoms. The minimum Gasteiger partial charge on any atom is -0.389 e. The van der Waals surface area contributed by atoms with Crippen LogP contribution in [0.5, 0.6) is 0 Å². The zero-order chi connectivity index (χ0) is 12.3. The largest absolute Gasteiger partial charge is 0.405 e. The van der Waals surface area contributed by atoms with E-state index in [9.17, 15) is 18.3 Å². The topological polar surface area (TPSA) is 36.4 Å². The van der Waals surface area contributed by atoms with Gasteiger partial charge in [0.25, 0.3) is 0 Å². The van der Waals surface area contributed by atoms with Crippen LogP contribution in [0.15, 0.2) is 18.3 Å². The summed E-state index contributed by atoms with van der Waals surface area (Å²) < 4.78 is 36.6. The van der Waals surface area contributed by atoms with Crippen molar-refractivity contribution in [1.82, 2.24) is 4.98 Å². The maximum absolute atomic E-state index is 12.2. The number of hydrogen-bond donors (Lipinski definition) is 1. The molecule has 0 aliphatic heterocycles. The molecule has 90 valence electrons. The molecule has 0 radical (unpaired) electrons. The summed E-state index contributed by atoms with van der Waals surface area (Å²) in [5.74, 6) is 0.148. The number of aromatic nitrogens is 1. The van der Waals surface area contributed by atoms with Gasteiger partial charge in [-0.2, -0.15) is 13.2 Å². The fraction of sp³-hybridized carbons (Fsp3) is 0.500.